The Hall–Kier alpha value is -1.26. The van der Waals surface area contributed by atoms with Gasteiger partial charge in [0.05, 0.1) is 0 Å². The zero-order chi connectivity index (χ0) is 9.14. The SMILES string of the molecule is CN=C1NC(N(C)C)=NC(C)N1. The van der Waals surface area contributed by atoms with Gasteiger partial charge in [-0.05, 0) is 6.92 Å². The molecule has 0 aromatic rings. The van der Waals surface area contributed by atoms with Crippen LogP contribution in [0.3, 0.4) is 0 Å². The van der Waals surface area contributed by atoms with Gasteiger partial charge in [-0.2, -0.15) is 0 Å². The van der Waals surface area contributed by atoms with Gasteiger partial charge in [0.2, 0.25) is 5.96 Å². The van der Waals surface area contributed by atoms with Crippen molar-refractivity contribution in [2.75, 3.05) is 21.1 Å². The average molecular weight is 169 g/mol. The summed E-state index contributed by atoms with van der Waals surface area (Å²) in [5.41, 5.74) is 0. The molecule has 0 saturated heterocycles. The van der Waals surface area contributed by atoms with Crippen molar-refractivity contribution in [2.24, 2.45) is 9.98 Å². The van der Waals surface area contributed by atoms with Crippen molar-refractivity contribution in [1.29, 1.82) is 0 Å². The second-order valence-corrected chi connectivity index (χ2v) is 2.86. The number of rotatable bonds is 0. The maximum absolute atomic E-state index is 4.32. The molecule has 0 amide bonds. The first-order chi connectivity index (χ1) is 5.63. The second-order valence-electron chi connectivity index (χ2n) is 2.86. The molecule has 1 unspecified atom stereocenters. The van der Waals surface area contributed by atoms with Crippen LogP contribution < -0.4 is 10.6 Å². The van der Waals surface area contributed by atoms with Gasteiger partial charge in [-0.3, -0.25) is 10.3 Å². The first kappa shape index (κ1) is 8.83. The van der Waals surface area contributed by atoms with E-state index in [1.165, 1.54) is 0 Å². The lowest BCUT2D eigenvalue weighted by Crippen LogP contribution is -2.53. The third-order valence-corrected chi connectivity index (χ3v) is 1.54. The summed E-state index contributed by atoms with van der Waals surface area (Å²) in [7, 11) is 5.62. The van der Waals surface area contributed by atoms with E-state index in [0.29, 0.717) is 0 Å². The molecule has 1 aliphatic rings. The highest BCUT2D eigenvalue weighted by atomic mass is 15.4. The van der Waals surface area contributed by atoms with Crippen LogP contribution >= 0.6 is 0 Å². The predicted octanol–water partition coefficient (Wildman–Crippen LogP) is -0.571. The summed E-state index contributed by atoms with van der Waals surface area (Å²) < 4.78 is 0. The standard InChI is InChI=1S/C7H15N5/c1-5-9-6(8-2)11-7(10-5)12(3)4/h5H,1-4H3,(H2,8,9,10,11). The van der Waals surface area contributed by atoms with Gasteiger partial charge in [-0.25, -0.2) is 4.99 Å². The molecule has 0 fully saturated rings. The minimum Gasteiger partial charge on any atom is -0.349 e. The molecule has 1 heterocycles. The zero-order valence-corrected chi connectivity index (χ0v) is 7.92. The molecule has 0 radical (unpaired) electrons. The Labute approximate surface area is 72.6 Å². The van der Waals surface area contributed by atoms with Crippen LogP contribution in [0.15, 0.2) is 9.98 Å². The monoisotopic (exact) mass is 169 g/mol. The molecule has 0 aromatic heterocycles. The number of guanidine groups is 2. The molecule has 1 atom stereocenters. The molecule has 0 spiro atoms. The maximum Gasteiger partial charge on any atom is 0.202 e. The first-order valence-corrected chi connectivity index (χ1v) is 3.89. The largest absolute Gasteiger partial charge is 0.349 e. The fourth-order valence-electron chi connectivity index (χ4n) is 0.936. The third-order valence-electron chi connectivity index (χ3n) is 1.54. The normalized spacial score (nSPS) is 25.8. The van der Waals surface area contributed by atoms with Crippen LogP contribution in [0.1, 0.15) is 6.92 Å². The average Bonchev–Trinajstić information content (AvgIpc) is 2.03. The summed E-state index contributed by atoms with van der Waals surface area (Å²) in [6.45, 7) is 1.98. The molecular formula is C7H15N5. The van der Waals surface area contributed by atoms with E-state index in [4.69, 9.17) is 0 Å². The van der Waals surface area contributed by atoms with Crippen LogP contribution in [0.25, 0.3) is 0 Å². The molecule has 0 aromatic carbocycles. The van der Waals surface area contributed by atoms with Crippen LogP contribution in [-0.2, 0) is 0 Å². The highest BCUT2D eigenvalue weighted by molar-refractivity contribution is 6.00. The predicted molar refractivity (Wildman–Crippen MR) is 50.2 cm³/mol. The van der Waals surface area contributed by atoms with Crippen LogP contribution in [0, 0.1) is 0 Å². The van der Waals surface area contributed by atoms with Crippen molar-refractivity contribution >= 4 is 11.9 Å². The van der Waals surface area contributed by atoms with Gasteiger partial charge in [0.15, 0.2) is 5.96 Å². The lowest BCUT2D eigenvalue weighted by Gasteiger charge is -2.26. The third kappa shape index (κ3) is 1.87. The number of aliphatic imine (C=N–C) groups is 2. The van der Waals surface area contributed by atoms with Gasteiger partial charge in [-0.15, -0.1) is 0 Å². The fraction of sp³-hybridized carbons (Fsp3) is 0.714. The molecule has 1 rings (SSSR count). The van der Waals surface area contributed by atoms with Crippen LogP contribution in [0.5, 0.6) is 0 Å². The molecule has 12 heavy (non-hydrogen) atoms. The van der Waals surface area contributed by atoms with Crippen LogP contribution in [-0.4, -0.2) is 44.1 Å². The second kappa shape index (κ2) is 3.42. The highest BCUT2D eigenvalue weighted by Gasteiger charge is 2.14. The van der Waals surface area contributed by atoms with Crippen molar-refractivity contribution in [2.45, 2.75) is 13.1 Å². The van der Waals surface area contributed by atoms with Crippen LogP contribution in [0.4, 0.5) is 0 Å². The van der Waals surface area contributed by atoms with Gasteiger partial charge in [-0.1, -0.05) is 0 Å². The number of hydrogen-bond acceptors (Lipinski definition) is 3. The van der Waals surface area contributed by atoms with Gasteiger partial charge in [0.25, 0.3) is 0 Å². The van der Waals surface area contributed by atoms with E-state index >= 15 is 0 Å². The summed E-state index contributed by atoms with van der Waals surface area (Å²) >= 11 is 0. The highest BCUT2D eigenvalue weighted by Crippen LogP contribution is 1.93. The summed E-state index contributed by atoms with van der Waals surface area (Å²) in [6, 6.07) is 0. The molecule has 68 valence electrons. The van der Waals surface area contributed by atoms with E-state index < -0.39 is 0 Å². The van der Waals surface area contributed by atoms with Gasteiger partial charge in [0, 0.05) is 21.1 Å². The van der Waals surface area contributed by atoms with Gasteiger partial charge in [0.1, 0.15) is 6.17 Å². The molecule has 1 aliphatic heterocycles. The molecule has 0 aliphatic carbocycles. The Bertz CT molecular complexity index is 218. The van der Waals surface area contributed by atoms with E-state index in [0.717, 1.165) is 11.9 Å². The molecule has 0 saturated carbocycles. The lowest BCUT2D eigenvalue weighted by atomic mass is 10.5. The van der Waals surface area contributed by atoms with Crippen molar-refractivity contribution in [1.82, 2.24) is 15.5 Å². The van der Waals surface area contributed by atoms with E-state index in [1.54, 1.807) is 7.05 Å². The van der Waals surface area contributed by atoms with E-state index in [2.05, 4.69) is 20.6 Å². The molecule has 0 bridgehead atoms. The number of nitrogens with zero attached hydrogens (tertiary/aromatic N) is 3. The Morgan fingerprint density at radius 3 is 2.67 bits per heavy atom. The lowest BCUT2D eigenvalue weighted by molar-refractivity contribution is 0.560. The Morgan fingerprint density at radius 2 is 2.17 bits per heavy atom. The summed E-state index contributed by atoms with van der Waals surface area (Å²) in [6.07, 6.45) is 0.0855. The number of hydrogen-bond donors (Lipinski definition) is 2. The summed E-state index contributed by atoms with van der Waals surface area (Å²) in [4.78, 5) is 10.3. The van der Waals surface area contributed by atoms with Gasteiger partial charge < -0.3 is 10.2 Å². The first-order valence-electron chi connectivity index (χ1n) is 3.89. The molecule has 5 heteroatoms. The topological polar surface area (TPSA) is 52.0 Å². The van der Waals surface area contributed by atoms with E-state index in [1.807, 2.05) is 25.9 Å². The Kier molecular flexibility index (Phi) is 2.52. The van der Waals surface area contributed by atoms with Crippen molar-refractivity contribution < 1.29 is 0 Å². The minimum absolute atomic E-state index is 0.0855. The molecule has 2 N–H and O–H groups in total. The molecular weight excluding hydrogens is 154 g/mol. The zero-order valence-electron chi connectivity index (χ0n) is 7.92. The van der Waals surface area contributed by atoms with Crippen molar-refractivity contribution in [3.8, 4) is 0 Å². The smallest absolute Gasteiger partial charge is 0.202 e. The summed E-state index contributed by atoms with van der Waals surface area (Å²) in [5.74, 6) is 1.60. The quantitative estimate of drug-likeness (QED) is 0.510. The van der Waals surface area contributed by atoms with Gasteiger partial charge >= 0.3 is 0 Å². The Balaban J connectivity index is 2.76. The minimum atomic E-state index is 0.0855. The van der Waals surface area contributed by atoms with E-state index in [9.17, 15) is 0 Å². The van der Waals surface area contributed by atoms with Crippen molar-refractivity contribution in [3.05, 3.63) is 0 Å². The summed E-state index contributed by atoms with van der Waals surface area (Å²) in [5, 5.41) is 6.12. The molecule has 5 nitrogen and oxygen atoms in total. The van der Waals surface area contributed by atoms with Crippen LogP contribution in [0.2, 0.25) is 0 Å². The Morgan fingerprint density at radius 1 is 1.50 bits per heavy atom. The number of nitrogens with one attached hydrogen (secondary N) is 2. The fourth-order valence-corrected chi connectivity index (χ4v) is 0.936. The van der Waals surface area contributed by atoms with E-state index in [-0.39, 0.29) is 6.17 Å². The van der Waals surface area contributed by atoms with Crippen molar-refractivity contribution in [3.63, 3.8) is 0 Å². The maximum atomic E-state index is 4.32.